The molecule has 0 radical (unpaired) electrons. The Hall–Kier alpha value is -1.95. The SMILES string of the molecule is CC(C)(C)c1ccccc1NC(=O)C(=O)NCC(N)=S. The summed E-state index contributed by atoms with van der Waals surface area (Å²) in [6.45, 7) is 6.10. The number of hydrogen-bond acceptors (Lipinski definition) is 3. The molecule has 0 aliphatic carbocycles. The monoisotopic (exact) mass is 293 g/mol. The molecule has 0 spiro atoms. The maximum atomic E-state index is 11.8. The summed E-state index contributed by atoms with van der Waals surface area (Å²) < 4.78 is 0. The van der Waals surface area contributed by atoms with Gasteiger partial charge < -0.3 is 16.4 Å². The number of rotatable bonds is 3. The van der Waals surface area contributed by atoms with Crippen molar-refractivity contribution < 1.29 is 9.59 Å². The van der Waals surface area contributed by atoms with Gasteiger partial charge in [0.05, 0.1) is 11.5 Å². The van der Waals surface area contributed by atoms with E-state index in [1.54, 1.807) is 12.1 Å². The van der Waals surface area contributed by atoms with Crippen molar-refractivity contribution in [3.8, 4) is 0 Å². The van der Waals surface area contributed by atoms with E-state index in [0.717, 1.165) is 5.56 Å². The summed E-state index contributed by atoms with van der Waals surface area (Å²) in [5, 5.41) is 4.95. The fraction of sp³-hybridized carbons (Fsp3) is 0.357. The van der Waals surface area contributed by atoms with E-state index in [9.17, 15) is 9.59 Å². The summed E-state index contributed by atoms with van der Waals surface area (Å²) in [5.74, 6) is -1.50. The first kappa shape index (κ1) is 16.1. The van der Waals surface area contributed by atoms with Crippen LogP contribution in [0.15, 0.2) is 24.3 Å². The second-order valence-corrected chi connectivity index (χ2v) is 5.92. The maximum absolute atomic E-state index is 11.8. The molecule has 0 aliphatic rings. The molecule has 0 aromatic heterocycles. The second-order valence-electron chi connectivity index (χ2n) is 5.40. The molecule has 0 heterocycles. The Balaban J connectivity index is 2.81. The molecular weight excluding hydrogens is 274 g/mol. The predicted octanol–water partition coefficient (Wildman–Crippen LogP) is 1.32. The highest BCUT2D eigenvalue weighted by atomic mass is 32.1. The highest BCUT2D eigenvalue weighted by Gasteiger charge is 2.20. The van der Waals surface area contributed by atoms with E-state index in [4.69, 9.17) is 5.73 Å². The van der Waals surface area contributed by atoms with E-state index in [1.807, 2.05) is 32.9 Å². The largest absolute Gasteiger partial charge is 0.392 e. The van der Waals surface area contributed by atoms with Crippen LogP contribution in [0.3, 0.4) is 0 Å². The van der Waals surface area contributed by atoms with Gasteiger partial charge in [-0.25, -0.2) is 0 Å². The number of para-hydroxylation sites is 1. The Bertz CT molecular complexity index is 535. The topological polar surface area (TPSA) is 84.2 Å². The van der Waals surface area contributed by atoms with Crippen LogP contribution < -0.4 is 16.4 Å². The molecule has 1 aromatic rings. The fourth-order valence-electron chi connectivity index (χ4n) is 1.67. The summed E-state index contributed by atoms with van der Waals surface area (Å²) in [6, 6.07) is 7.38. The van der Waals surface area contributed by atoms with E-state index in [1.165, 1.54) is 0 Å². The first-order chi connectivity index (χ1) is 9.21. The van der Waals surface area contributed by atoms with Crippen molar-refractivity contribution in [1.29, 1.82) is 0 Å². The van der Waals surface area contributed by atoms with E-state index >= 15 is 0 Å². The summed E-state index contributed by atoms with van der Waals surface area (Å²) in [6.07, 6.45) is 0. The van der Waals surface area contributed by atoms with E-state index in [-0.39, 0.29) is 16.9 Å². The molecule has 6 heteroatoms. The van der Waals surface area contributed by atoms with Gasteiger partial charge in [-0.15, -0.1) is 0 Å². The smallest absolute Gasteiger partial charge is 0.313 e. The van der Waals surface area contributed by atoms with E-state index < -0.39 is 11.8 Å². The maximum Gasteiger partial charge on any atom is 0.313 e. The molecule has 0 atom stereocenters. The molecule has 108 valence electrons. The second kappa shape index (κ2) is 6.47. The van der Waals surface area contributed by atoms with Gasteiger partial charge in [0.15, 0.2) is 0 Å². The standard InChI is InChI=1S/C14H19N3O2S/c1-14(2,3)9-6-4-5-7-10(9)17-13(19)12(18)16-8-11(15)20/h4-7H,8H2,1-3H3,(H2,15,20)(H,16,18)(H,17,19). The highest BCUT2D eigenvalue weighted by Crippen LogP contribution is 2.29. The van der Waals surface area contributed by atoms with Crippen molar-refractivity contribution in [2.24, 2.45) is 5.73 Å². The van der Waals surface area contributed by atoms with Gasteiger partial charge in [-0.05, 0) is 17.0 Å². The molecule has 0 unspecified atom stereocenters. The summed E-state index contributed by atoms with van der Waals surface area (Å²) in [5.41, 5.74) is 6.69. The van der Waals surface area contributed by atoms with Gasteiger partial charge in [-0.3, -0.25) is 9.59 Å². The predicted molar refractivity (Wildman–Crippen MR) is 83.6 cm³/mol. The summed E-state index contributed by atoms with van der Waals surface area (Å²) in [4.78, 5) is 23.5. The zero-order chi connectivity index (χ0) is 15.3. The first-order valence-corrected chi connectivity index (χ1v) is 6.59. The number of nitrogens with two attached hydrogens (primary N) is 1. The number of benzene rings is 1. The molecule has 20 heavy (non-hydrogen) atoms. The Labute approximate surface area is 123 Å². The molecule has 0 saturated carbocycles. The van der Waals surface area contributed by atoms with Gasteiger partial charge in [0.2, 0.25) is 0 Å². The van der Waals surface area contributed by atoms with Crippen LogP contribution in [0.5, 0.6) is 0 Å². The lowest BCUT2D eigenvalue weighted by Gasteiger charge is -2.22. The molecular formula is C14H19N3O2S. The Kier molecular flexibility index (Phi) is 5.21. The summed E-state index contributed by atoms with van der Waals surface area (Å²) in [7, 11) is 0. The van der Waals surface area contributed by atoms with Gasteiger partial charge in [-0.1, -0.05) is 51.2 Å². The van der Waals surface area contributed by atoms with Crippen LogP contribution >= 0.6 is 12.2 Å². The third kappa shape index (κ3) is 4.62. The molecule has 0 saturated heterocycles. The quantitative estimate of drug-likeness (QED) is 0.580. The van der Waals surface area contributed by atoms with Crippen LogP contribution in [-0.4, -0.2) is 23.3 Å². The van der Waals surface area contributed by atoms with Crippen molar-refractivity contribution in [2.45, 2.75) is 26.2 Å². The van der Waals surface area contributed by atoms with Crippen molar-refractivity contribution >= 4 is 34.7 Å². The average molecular weight is 293 g/mol. The Morgan fingerprint density at radius 1 is 1.20 bits per heavy atom. The lowest BCUT2D eigenvalue weighted by atomic mass is 9.86. The van der Waals surface area contributed by atoms with Gasteiger partial charge >= 0.3 is 11.8 Å². The normalized spacial score (nSPS) is 10.8. The lowest BCUT2D eigenvalue weighted by Crippen LogP contribution is -2.39. The molecule has 2 amide bonds. The molecule has 1 rings (SSSR count). The molecule has 5 nitrogen and oxygen atoms in total. The third-order valence-corrected chi connectivity index (χ3v) is 2.76. The van der Waals surface area contributed by atoms with E-state index in [2.05, 4.69) is 22.9 Å². The van der Waals surface area contributed by atoms with E-state index in [0.29, 0.717) is 5.69 Å². The highest BCUT2D eigenvalue weighted by molar-refractivity contribution is 7.80. The number of carbonyl (C=O) groups is 2. The van der Waals surface area contributed by atoms with Crippen LogP contribution in [0.2, 0.25) is 0 Å². The van der Waals surface area contributed by atoms with Gasteiger partial charge in [-0.2, -0.15) is 0 Å². The van der Waals surface area contributed by atoms with Crippen LogP contribution in [0.25, 0.3) is 0 Å². The minimum atomic E-state index is -0.762. The number of amides is 2. The molecule has 0 bridgehead atoms. The molecule has 1 aromatic carbocycles. The van der Waals surface area contributed by atoms with Crippen LogP contribution in [0, 0.1) is 0 Å². The Morgan fingerprint density at radius 3 is 2.35 bits per heavy atom. The number of nitrogens with one attached hydrogen (secondary N) is 2. The average Bonchev–Trinajstić information content (AvgIpc) is 2.35. The summed E-state index contributed by atoms with van der Waals surface area (Å²) >= 11 is 4.63. The lowest BCUT2D eigenvalue weighted by molar-refractivity contribution is -0.135. The third-order valence-electron chi connectivity index (χ3n) is 2.61. The van der Waals surface area contributed by atoms with Gasteiger partial charge in [0.25, 0.3) is 0 Å². The zero-order valence-electron chi connectivity index (χ0n) is 11.8. The molecule has 4 N–H and O–H groups in total. The van der Waals surface area contributed by atoms with Crippen LogP contribution in [0.1, 0.15) is 26.3 Å². The van der Waals surface area contributed by atoms with Gasteiger partial charge in [0, 0.05) is 5.69 Å². The van der Waals surface area contributed by atoms with Crippen molar-refractivity contribution in [3.63, 3.8) is 0 Å². The van der Waals surface area contributed by atoms with Crippen molar-refractivity contribution in [2.75, 3.05) is 11.9 Å². The number of anilines is 1. The van der Waals surface area contributed by atoms with Crippen LogP contribution in [-0.2, 0) is 15.0 Å². The number of thiocarbonyl (C=S) groups is 1. The fourth-order valence-corrected chi connectivity index (χ4v) is 1.75. The Morgan fingerprint density at radius 2 is 1.80 bits per heavy atom. The number of carbonyl (C=O) groups excluding carboxylic acids is 2. The minimum Gasteiger partial charge on any atom is -0.392 e. The zero-order valence-corrected chi connectivity index (χ0v) is 12.6. The van der Waals surface area contributed by atoms with Gasteiger partial charge in [0.1, 0.15) is 0 Å². The molecule has 0 aliphatic heterocycles. The van der Waals surface area contributed by atoms with Crippen molar-refractivity contribution in [3.05, 3.63) is 29.8 Å². The van der Waals surface area contributed by atoms with Crippen LogP contribution in [0.4, 0.5) is 5.69 Å². The number of hydrogen-bond donors (Lipinski definition) is 3. The minimum absolute atomic E-state index is 0.00248. The molecule has 0 fully saturated rings. The first-order valence-electron chi connectivity index (χ1n) is 6.19. The van der Waals surface area contributed by atoms with Crippen molar-refractivity contribution in [1.82, 2.24) is 5.32 Å².